The molecule has 0 saturated carbocycles. The van der Waals surface area contributed by atoms with E-state index in [1.807, 2.05) is 25.1 Å². The molecule has 5 heteroatoms. The fraction of sp³-hybridized carbons (Fsp3) is 0.333. The first-order valence-electron chi connectivity index (χ1n) is 5.50. The van der Waals surface area contributed by atoms with Crippen molar-refractivity contribution in [1.82, 2.24) is 5.32 Å². The number of anilines is 1. The Labute approximate surface area is 106 Å². The molecule has 1 saturated heterocycles. The number of nitrogens with one attached hydrogen (secondary N) is 2. The molecule has 4 N–H and O–H groups in total. The van der Waals surface area contributed by atoms with Gasteiger partial charge >= 0.3 is 0 Å². The average Bonchev–Trinajstić information content (AvgIpc) is 2.66. The minimum Gasteiger partial charge on any atom is -0.389 e. The lowest BCUT2D eigenvalue weighted by atomic mass is 10.1. The molecule has 0 aromatic heterocycles. The molecule has 1 unspecified atom stereocenters. The van der Waals surface area contributed by atoms with Crippen LogP contribution in [0, 0.1) is 6.92 Å². The third kappa shape index (κ3) is 2.74. The molecule has 1 heterocycles. The highest BCUT2D eigenvalue weighted by atomic mass is 32.1. The first-order chi connectivity index (χ1) is 8.06. The number of carbonyl (C=O) groups excluding carboxylic acids is 1. The molecule has 1 fully saturated rings. The van der Waals surface area contributed by atoms with Gasteiger partial charge in [-0.05, 0) is 19.1 Å². The van der Waals surface area contributed by atoms with Crippen LogP contribution in [0.4, 0.5) is 5.69 Å². The van der Waals surface area contributed by atoms with E-state index in [0.29, 0.717) is 18.0 Å². The van der Waals surface area contributed by atoms with Crippen molar-refractivity contribution < 1.29 is 4.79 Å². The van der Waals surface area contributed by atoms with E-state index in [0.717, 1.165) is 16.8 Å². The summed E-state index contributed by atoms with van der Waals surface area (Å²) in [5.41, 5.74) is 8.53. The van der Waals surface area contributed by atoms with E-state index in [2.05, 4.69) is 10.6 Å². The van der Waals surface area contributed by atoms with E-state index in [4.69, 9.17) is 18.0 Å². The highest BCUT2D eigenvalue weighted by Crippen LogP contribution is 2.19. The molecule has 1 aliphatic rings. The first kappa shape index (κ1) is 11.9. The molecule has 1 aliphatic heterocycles. The van der Waals surface area contributed by atoms with Crippen molar-refractivity contribution in [2.24, 2.45) is 5.73 Å². The van der Waals surface area contributed by atoms with Gasteiger partial charge in [0.1, 0.15) is 4.99 Å². The second-order valence-electron chi connectivity index (χ2n) is 4.26. The van der Waals surface area contributed by atoms with Crippen LogP contribution >= 0.6 is 12.2 Å². The summed E-state index contributed by atoms with van der Waals surface area (Å²) in [6, 6.07) is 6.01. The Balaban J connectivity index is 2.20. The predicted octanol–water partition coefficient (Wildman–Crippen LogP) is 0.930. The van der Waals surface area contributed by atoms with Gasteiger partial charge in [0.05, 0.1) is 6.04 Å². The maximum absolute atomic E-state index is 11.1. The summed E-state index contributed by atoms with van der Waals surface area (Å²) in [5, 5.41) is 6.08. The van der Waals surface area contributed by atoms with Crippen LogP contribution < -0.4 is 16.4 Å². The number of amides is 1. The van der Waals surface area contributed by atoms with E-state index in [-0.39, 0.29) is 11.9 Å². The largest absolute Gasteiger partial charge is 0.389 e. The van der Waals surface area contributed by atoms with Crippen LogP contribution in [0.15, 0.2) is 18.2 Å². The predicted molar refractivity (Wildman–Crippen MR) is 72.1 cm³/mol. The Bertz CT molecular complexity index is 473. The van der Waals surface area contributed by atoms with E-state index < -0.39 is 0 Å². The lowest BCUT2D eigenvalue weighted by molar-refractivity contribution is -0.119. The summed E-state index contributed by atoms with van der Waals surface area (Å²) < 4.78 is 0. The van der Waals surface area contributed by atoms with Gasteiger partial charge in [-0.1, -0.05) is 23.8 Å². The number of hydrogen-bond donors (Lipinski definition) is 3. The molecule has 4 nitrogen and oxygen atoms in total. The maximum Gasteiger partial charge on any atom is 0.222 e. The van der Waals surface area contributed by atoms with Crippen LogP contribution in [-0.2, 0) is 4.79 Å². The van der Waals surface area contributed by atoms with Crippen LogP contribution in [0.1, 0.15) is 17.5 Å². The molecule has 0 spiro atoms. The molecule has 2 rings (SSSR count). The highest BCUT2D eigenvalue weighted by molar-refractivity contribution is 7.80. The number of rotatable bonds is 3. The zero-order chi connectivity index (χ0) is 12.4. The molecule has 1 aromatic carbocycles. The number of benzene rings is 1. The van der Waals surface area contributed by atoms with Crippen molar-refractivity contribution in [1.29, 1.82) is 0 Å². The smallest absolute Gasteiger partial charge is 0.222 e. The monoisotopic (exact) mass is 249 g/mol. The van der Waals surface area contributed by atoms with Crippen LogP contribution in [0.25, 0.3) is 0 Å². The summed E-state index contributed by atoms with van der Waals surface area (Å²) in [4.78, 5) is 11.5. The van der Waals surface area contributed by atoms with Crippen LogP contribution in [-0.4, -0.2) is 23.5 Å². The quantitative estimate of drug-likeness (QED) is 0.697. The van der Waals surface area contributed by atoms with Crippen molar-refractivity contribution in [3.8, 4) is 0 Å². The van der Waals surface area contributed by atoms with Crippen molar-refractivity contribution in [2.75, 3.05) is 11.9 Å². The topological polar surface area (TPSA) is 67.1 Å². The van der Waals surface area contributed by atoms with Gasteiger partial charge in [0, 0.05) is 24.2 Å². The van der Waals surface area contributed by atoms with Gasteiger partial charge < -0.3 is 16.4 Å². The van der Waals surface area contributed by atoms with Crippen LogP contribution in [0.2, 0.25) is 0 Å². The molecule has 1 amide bonds. The number of hydrogen-bond acceptors (Lipinski definition) is 3. The second kappa shape index (κ2) is 4.71. The third-order valence-electron chi connectivity index (χ3n) is 2.78. The lowest BCUT2D eigenvalue weighted by Gasteiger charge is -2.16. The van der Waals surface area contributed by atoms with Crippen molar-refractivity contribution in [3.05, 3.63) is 29.3 Å². The number of carbonyl (C=O) groups is 1. The third-order valence-corrected chi connectivity index (χ3v) is 3.00. The Morgan fingerprint density at radius 2 is 2.35 bits per heavy atom. The molecule has 90 valence electrons. The van der Waals surface area contributed by atoms with Crippen molar-refractivity contribution in [3.63, 3.8) is 0 Å². The summed E-state index contributed by atoms with van der Waals surface area (Å²) in [6.07, 6.45) is 0.491. The molecule has 1 aromatic rings. The van der Waals surface area contributed by atoms with Crippen molar-refractivity contribution in [2.45, 2.75) is 19.4 Å². The molecule has 0 aliphatic carbocycles. The van der Waals surface area contributed by atoms with Crippen LogP contribution in [0.3, 0.4) is 0 Å². The van der Waals surface area contributed by atoms with Gasteiger partial charge in [-0.3, -0.25) is 4.79 Å². The average molecular weight is 249 g/mol. The van der Waals surface area contributed by atoms with E-state index in [1.54, 1.807) is 0 Å². The van der Waals surface area contributed by atoms with E-state index in [1.165, 1.54) is 0 Å². The second-order valence-corrected chi connectivity index (χ2v) is 4.70. The zero-order valence-electron chi connectivity index (χ0n) is 9.62. The van der Waals surface area contributed by atoms with E-state index in [9.17, 15) is 4.79 Å². The summed E-state index contributed by atoms with van der Waals surface area (Å²) >= 11 is 5.03. The molecule has 0 radical (unpaired) electrons. The zero-order valence-corrected chi connectivity index (χ0v) is 10.4. The molecular formula is C12H15N3OS. The lowest BCUT2D eigenvalue weighted by Crippen LogP contribution is -2.24. The fourth-order valence-electron chi connectivity index (χ4n) is 1.91. The van der Waals surface area contributed by atoms with Gasteiger partial charge in [0.2, 0.25) is 5.91 Å². The molecular weight excluding hydrogens is 234 g/mol. The first-order valence-corrected chi connectivity index (χ1v) is 5.91. The summed E-state index contributed by atoms with van der Waals surface area (Å²) in [6.45, 7) is 2.63. The van der Waals surface area contributed by atoms with Gasteiger partial charge in [-0.25, -0.2) is 0 Å². The maximum atomic E-state index is 11.1. The molecule has 1 atom stereocenters. The van der Waals surface area contributed by atoms with Crippen LogP contribution in [0.5, 0.6) is 0 Å². The Morgan fingerprint density at radius 3 is 2.94 bits per heavy atom. The highest BCUT2D eigenvalue weighted by Gasteiger charge is 2.21. The van der Waals surface area contributed by atoms with Gasteiger partial charge in [-0.15, -0.1) is 0 Å². The molecule has 0 bridgehead atoms. The van der Waals surface area contributed by atoms with Crippen molar-refractivity contribution >= 4 is 28.8 Å². The minimum atomic E-state index is 0.0755. The number of nitrogens with two attached hydrogens (primary N) is 1. The van der Waals surface area contributed by atoms with E-state index >= 15 is 0 Å². The van der Waals surface area contributed by atoms with Gasteiger partial charge in [0.25, 0.3) is 0 Å². The minimum absolute atomic E-state index is 0.0755. The fourth-order valence-corrected chi connectivity index (χ4v) is 2.08. The summed E-state index contributed by atoms with van der Waals surface area (Å²) in [7, 11) is 0. The normalized spacial score (nSPS) is 18.9. The SMILES string of the molecule is Cc1ccc(NC2CNC(=O)C2)c(C(N)=S)c1. The van der Waals surface area contributed by atoms with Gasteiger partial charge in [0.15, 0.2) is 0 Å². The molecule has 17 heavy (non-hydrogen) atoms. The number of thiocarbonyl (C=S) groups is 1. The summed E-state index contributed by atoms with van der Waals surface area (Å²) in [5.74, 6) is 0.0755. The Morgan fingerprint density at radius 1 is 1.59 bits per heavy atom. The van der Waals surface area contributed by atoms with Gasteiger partial charge in [-0.2, -0.15) is 0 Å². The standard InChI is InChI=1S/C12H15N3OS/c1-7-2-3-10(9(4-7)12(13)17)15-8-5-11(16)14-6-8/h2-4,8,15H,5-6H2,1H3,(H2,13,17)(H,14,16). The Hall–Kier alpha value is -1.62. The number of aryl methyl sites for hydroxylation is 1. The Kier molecular flexibility index (Phi) is 3.28.